The summed E-state index contributed by atoms with van der Waals surface area (Å²) in [7, 11) is 0. The first kappa shape index (κ1) is 13.1. The van der Waals surface area contributed by atoms with Crippen LogP contribution < -0.4 is 10.6 Å². The Balaban J connectivity index is 1.86. The molecule has 18 heavy (non-hydrogen) atoms. The van der Waals surface area contributed by atoms with Gasteiger partial charge in [0.25, 0.3) is 0 Å². The lowest BCUT2D eigenvalue weighted by Gasteiger charge is -2.27. The van der Waals surface area contributed by atoms with Gasteiger partial charge >= 0.3 is 0 Å². The van der Waals surface area contributed by atoms with Crippen molar-refractivity contribution < 1.29 is 4.79 Å². The molecule has 1 aliphatic rings. The molecule has 0 aliphatic carbocycles. The van der Waals surface area contributed by atoms with Gasteiger partial charge in [0.15, 0.2) is 0 Å². The molecule has 0 spiro atoms. The molecule has 0 aromatic heterocycles. The molecule has 98 valence electrons. The van der Waals surface area contributed by atoms with Gasteiger partial charge in [-0.05, 0) is 44.2 Å². The Hall–Kier alpha value is -1.35. The molecule has 3 heteroatoms. The van der Waals surface area contributed by atoms with Crippen molar-refractivity contribution in [3.8, 4) is 0 Å². The Labute approximate surface area is 109 Å². The van der Waals surface area contributed by atoms with E-state index in [1.165, 1.54) is 17.5 Å². The van der Waals surface area contributed by atoms with Crippen LogP contribution in [0.3, 0.4) is 0 Å². The molecular weight excluding hydrogens is 224 g/mol. The van der Waals surface area contributed by atoms with E-state index in [1.54, 1.807) is 0 Å². The fraction of sp³-hybridized carbons (Fsp3) is 0.533. The van der Waals surface area contributed by atoms with Gasteiger partial charge < -0.3 is 10.6 Å². The zero-order valence-electron chi connectivity index (χ0n) is 11.2. The fourth-order valence-electron chi connectivity index (χ4n) is 2.46. The van der Waals surface area contributed by atoms with Crippen LogP contribution in [0.4, 0.5) is 0 Å². The zero-order valence-corrected chi connectivity index (χ0v) is 11.2. The maximum Gasteiger partial charge on any atom is 0.237 e. The fourth-order valence-corrected chi connectivity index (χ4v) is 2.46. The summed E-state index contributed by atoms with van der Waals surface area (Å²) in [6.07, 6.45) is 3.25. The highest BCUT2D eigenvalue weighted by molar-refractivity contribution is 5.81. The van der Waals surface area contributed by atoms with Crippen LogP contribution in [0, 0.1) is 6.92 Å². The second-order valence-corrected chi connectivity index (χ2v) is 5.20. The Bertz CT molecular complexity index is 417. The average molecular weight is 246 g/mol. The quantitative estimate of drug-likeness (QED) is 0.858. The smallest absolute Gasteiger partial charge is 0.237 e. The maximum absolute atomic E-state index is 12.1. The topological polar surface area (TPSA) is 41.1 Å². The summed E-state index contributed by atoms with van der Waals surface area (Å²) in [5.41, 5.74) is 2.41. The maximum atomic E-state index is 12.1. The number of benzene rings is 1. The van der Waals surface area contributed by atoms with E-state index in [0.717, 1.165) is 12.8 Å². The van der Waals surface area contributed by atoms with Gasteiger partial charge in [-0.2, -0.15) is 0 Å². The molecule has 1 fully saturated rings. The molecule has 1 aliphatic heterocycles. The highest BCUT2D eigenvalue weighted by Gasteiger charge is 2.23. The number of amides is 1. The van der Waals surface area contributed by atoms with Crippen LogP contribution in [-0.4, -0.2) is 18.0 Å². The first-order chi connectivity index (χ1) is 8.66. The largest absolute Gasteiger partial charge is 0.351 e. The molecule has 0 saturated carbocycles. The van der Waals surface area contributed by atoms with Gasteiger partial charge in [-0.1, -0.05) is 24.3 Å². The molecule has 1 aromatic rings. The SMILES string of the molecule is Cc1ccccc1CNC(=O)C1CCCC(C)N1. The third-order valence-corrected chi connectivity index (χ3v) is 3.65. The molecule has 0 bridgehead atoms. The lowest BCUT2D eigenvalue weighted by Crippen LogP contribution is -2.49. The van der Waals surface area contributed by atoms with E-state index in [2.05, 4.69) is 36.6 Å². The minimum Gasteiger partial charge on any atom is -0.351 e. The van der Waals surface area contributed by atoms with Gasteiger partial charge in [-0.25, -0.2) is 0 Å². The average Bonchev–Trinajstić information content (AvgIpc) is 2.37. The van der Waals surface area contributed by atoms with Crippen molar-refractivity contribution in [3.05, 3.63) is 35.4 Å². The van der Waals surface area contributed by atoms with Crippen LogP contribution in [0.5, 0.6) is 0 Å². The Morgan fingerprint density at radius 1 is 1.39 bits per heavy atom. The number of carbonyl (C=O) groups excluding carboxylic acids is 1. The summed E-state index contributed by atoms with van der Waals surface area (Å²) in [5.74, 6) is 0.129. The number of carbonyl (C=O) groups is 1. The highest BCUT2D eigenvalue weighted by atomic mass is 16.2. The van der Waals surface area contributed by atoms with Crippen LogP contribution in [0.1, 0.15) is 37.3 Å². The summed E-state index contributed by atoms with van der Waals surface area (Å²) in [6, 6.07) is 8.60. The van der Waals surface area contributed by atoms with E-state index >= 15 is 0 Å². The van der Waals surface area contributed by atoms with Gasteiger partial charge in [0.05, 0.1) is 6.04 Å². The molecule has 1 saturated heterocycles. The predicted octanol–water partition coefficient (Wildman–Crippen LogP) is 2.14. The van der Waals surface area contributed by atoms with Crippen LogP contribution in [0.15, 0.2) is 24.3 Å². The number of nitrogens with one attached hydrogen (secondary N) is 2. The molecule has 2 N–H and O–H groups in total. The summed E-state index contributed by atoms with van der Waals surface area (Å²) >= 11 is 0. The van der Waals surface area contributed by atoms with Gasteiger partial charge in [0, 0.05) is 12.6 Å². The highest BCUT2D eigenvalue weighted by Crippen LogP contribution is 2.13. The molecule has 2 unspecified atom stereocenters. The Kier molecular flexibility index (Phi) is 4.37. The molecular formula is C15H22N2O. The van der Waals surface area contributed by atoms with E-state index in [9.17, 15) is 4.79 Å². The summed E-state index contributed by atoms with van der Waals surface area (Å²) in [6.45, 7) is 4.83. The van der Waals surface area contributed by atoms with E-state index in [4.69, 9.17) is 0 Å². The van der Waals surface area contributed by atoms with Gasteiger partial charge in [-0.15, -0.1) is 0 Å². The standard InChI is InChI=1S/C15H22N2O/c1-11-6-3-4-8-13(11)10-16-15(18)14-9-5-7-12(2)17-14/h3-4,6,8,12,14,17H,5,7,9-10H2,1-2H3,(H,16,18). The van der Waals surface area contributed by atoms with Crippen molar-refractivity contribution in [1.29, 1.82) is 0 Å². The van der Waals surface area contributed by atoms with Crippen LogP contribution in [0.25, 0.3) is 0 Å². The lowest BCUT2D eigenvalue weighted by molar-refractivity contribution is -0.124. The summed E-state index contributed by atoms with van der Waals surface area (Å²) in [4.78, 5) is 12.1. The van der Waals surface area contributed by atoms with Gasteiger partial charge in [0.1, 0.15) is 0 Å². The molecule has 1 amide bonds. The Morgan fingerprint density at radius 3 is 2.89 bits per heavy atom. The summed E-state index contributed by atoms with van der Waals surface area (Å²) < 4.78 is 0. The van der Waals surface area contributed by atoms with E-state index in [1.807, 2.05) is 12.1 Å². The van der Waals surface area contributed by atoms with Crippen molar-refractivity contribution in [1.82, 2.24) is 10.6 Å². The Morgan fingerprint density at radius 2 is 2.17 bits per heavy atom. The zero-order chi connectivity index (χ0) is 13.0. The molecule has 3 nitrogen and oxygen atoms in total. The second kappa shape index (κ2) is 6.01. The van der Waals surface area contributed by atoms with E-state index < -0.39 is 0 Å². The van der Waals surface area contributed by atoms with Crippen LogP contribution in [0.2, 0.25) is 0 Å². The number of aryl methyl sites for hydroxylation is 1. The van der Waals surface area contributed by atoms with Gasteiger partial charge in [-0.3, -0.25) is 4.79 Å². The van der Waals surface area contributed by atoms with E-state index in [-0.39, 0.29) is 11.9 Å². The van der Waals surface area contributed by atoms with Crippen molar-refractivity contribution in [2.45, 2.75) is 51.7 Å². The molecule has 0 radical (unpaired) electrons. The molecule has 1 heterocycles. The third kappa shape index (κ3) is 3.33. The van der Waals surface area contributed by atoms with Crippen molar-refractivity contribution in [2.75, 3.05) is 0 Å². The minimum atomic E-state index is -0.0160. The first-order valence-electron chi connectivity index (χ1n) is 6.75. The van der Waals surface area contributed by atoms with Crippen LogP contribution >= 0.6 is 0 Å². The normalized spacial score (nSPS) is 23.7. The molecule has 1 aromatic carbocycles. The molecule has 2 atom stereocenters. The van der Waals surface area contributed by atoms with Crippen molar-refractivity contribution in [3.63, 3.8) is 0 Å². The minimum absolute atomic E-state index is 0.0160. The monoisotopic (exact) mass is 246 g/mol. The first-order valence-corrected chi connectivity index (χ1v) is 6.75. The van der Waals surface area contributed by atoms with Crippen molar-refractivity contribution in [2.24, 2.45) is 0 Å². The number of hydrogen-bond donors (Lipinski definition) is 2. The van der Waals surface area contributed by atoms with E-state index in [0.29, 0.717) is 12.6 Å². The van der Waals surface area contributed by atoms with Gasteiger partial charge in [0.2, 0.25) is 5.91 Å². The van der Waals surface area contributed by atoms with Crippen LogP contribution in [-0.2, 0) is 11.3 Å². The molecule has 2 rings (SSSR count). The number of hydrogen-bond acceptors (Lipinski definition) is 2. The number of rotatable bonds is 3. The lowest BCUT2D eigenvalue weighted by atomic mass is 9.99. The number of piperidine rings is 1. The second-order valence-electron chi connectivity index (χ2n) is 5.20. The summed E-state index contributed by atoms with van der Waals surface area (Å²) in [5, 5.41) is 6.38. The van der Waals surface area contributed by atoms with Crippen molar-refractivity contribution >= 4 is 5.91 Å². The predicted molar refractivity (Wildman–Crippen MR) is 73.3 cm³/mol. The third-order valence-electron chi connectivity index (χ3n) is 3.65.